The lowest BCUT2D eigenvalue weighted by molar-refractivity contribution is -0.122. The van der Waals surface area contributed by atoms with E-state index in [1.54, 1.807) is 44.4 Å². The van der Waals surface area contributed by atoms with E-state index in [0.717, 1.165) is 11.1 Å². The number of benzene rings is 3. The second-order valence-corrected chi connectivity index (χ2v) is 9.06. The van der Waals surface area contributed by atoms with Crippen molar-refractivity contribution in [1.29, 1.82) is 0 Å². The number of sulfonamides is 1. The van der Waals surface area contributed by atoms with Crippen LogP contribution in [0.1, 0.15) is 18.1 Å². The van der Waals surface area contributed by atoms with Crippen molar-refractivity contribution in [2.24, 2.45) is 0 Å². The molecule has 0 aliphatic rings. The first-order valence-electron chi connectivity index (χ1n) is 9.99. The number of anilines is 2. The zero-order chi connectivity index (χ0) is 23.3. The molecular weight excluding hydrogens is 428 g/mol. The molecule has 0 aliphatic carbocycles. The molecule has 0 radical (unpaired) electrons. The first-order valence-corrected chi connectivity index (χ1v) is 11.5. The molecular formula is C24H26N2O5S. The van der Waals surface area contributed by atoms with Crippen LogP contribution in [0.2, 0.25) is 0 Å². The van der Waals surface area contributed by atoms with Gasteiger partial charge < -0.3 is 14.8 Å². The molecule has 0 fully saturated rings. The van der Waals surface area contributed by atoms with Crippen LogP contribution in [0.15, 0.2) is 71.6 Å². The number of hydrogen-bond donors (Lipinski definition) is 2. The molecule has 0 aliphatic heterocycles. The summed E-state index contributed by atoms with van der Waals surface area (Å²) < 4.78 is 38.8. The molecule has 0 unspecified atom stereocenters. The van der Waals surface area contributed by atoms with Crippen LogP contribution < -0.4 is 19.5 Å². The number of amides is 1. The fourth-order valence-corrected chi connectivity index (χ4v) is 4.04. The first-order chi connectivity index (χ1) is 15.2. The molecule has 8 heteroatoms. The molecule has 7 nitrogen and oxygen atoms in total. The molecule has 0 saturated carbocycles. The average molecular weight is 455 g/mol. The maximum atomic E-state index is 12.7. The van der Waals surface area contributed by atoms with Crippen LogP contribution >= 0.6 is 0 Å². The molecule has 0 saturated heterocycles. The lowest BCUT2D eigenvalue weighted by Gasteiger charge is -2.15. The van der Waals surface area contributed by atoms with E-state index in [1.807, 2.05) is 26.0 Å². The molecule has 3 aromatic carbocycles. The minimum absolute atomic E-state index is 0.0962. The Hall–Kier alpha value is -3.52. The topological polar surface area (TPSA) is 93.7 Å². The Morgan fingerprint density at radius 1 is 0.906 bits per heavy atom. The number of rotatable bonds is 8. The van der Waals surface area contributed by atoms with Gasteiger partial charge in [0.2, 0.25) is 0 Å². The highest BCUT2D eigenvalue weighted by Crippen LogP contribution is 2.23. The molecule has 1 amide bonds. The number of carbonyl (C=O) groups excluding carboxylic acids is 1. The van der Waals surface area contributed by atoms with Crippen molar-refractivity contribution in [3.8, 4) is 11.5 Å². The summed E-state index contributed by atoms with van der Waals surface area (Å²) in [6.45, 7) is 5.37. The average Bonchev–Trinajstić information content (AvgIpc) is 2.77. The molecule has 2 N–H and O–H groups in total. The third-order valence-corrected chi connectivity index (χ3v) is 6.19. The molecule has 0 aromatic heterocycles. The Kier molecular flexibility index (Phi) is 7.05. The van der Waals surface area contributed by atoms with Crippen molar-refractivity contribution in [2.45, 2.75) is 31.8 Å². The number of nitrogens with one attached hydrogen (secondary N) is 2. The van der Waals surface area contributed by atoms with E-state index < -0.39 is 16.1 Å². The minimum atomic E-state index is -3.76. The molecule has 3 aromatic rings. The van der Waals surface area contributed by atoms with E-state index in [4.69, 9.17) is 9.47 Å². The summed E-state index contributed by atoms with van der Waals surface area (Å²) >= 11 is 0. The van der Waals surface area contributed by atoms with Gasteiger partial charge in [0.05, 0.1) is 17.7 Å². The fourth-order valence-electron chi connectivity index (χ4n) is 2.92. The van der Waals surface area contributed by atoms with Crippen LogP contribution in [0.4, 0.5) is 11.4 Å². The summed E-state index contributed by atoms with van der Waals surface area (Å²) in [5.41, 5.74) is 2.78. The van der Waals surface area contributed by atoms with Gasteiger partial charge in [-0.2, -0.15) is 0 Å². The quantitative estimate of drug-likeness (QED) is 0.522. The number of carbonyl (C=O) groups is 1. The Morgan fingerprint density at radius 3 is 2.16 bits per heavy atom. The van der Waals surface area contributed by atoms with Gasteiger partial charge in [0.15, 0.2) is 6.10 Å². The molecule has 1 atom stereocenters. The third-order valence-electron chi connectivity index (χ3n) is 4.81. The summed E-state index contributed by atoms with van der Waals surface area (Å²) in [5.74, 6) is 0.869. The maximum Gasteiger partial charge on any atom is 0.265 e. The van der Waals surface area contributed by atoms with Gasteiger partial charge in [-0.15, -0.1) is 0 Å². The van der Waals surface area contributed by atoms with Crippen LogP contribution in [0.25, 0.3) is 0 Å². The number of hydrogen-bond acceptors (Lipinski definition) is 5. The standard InChI is InChI=1S/C24H26N2O5S/c1-16-5-6-17(2)23(15-16)26-32(28,29)22-13-7-19(8-14-22)25-24(27)18(3)31-21-11-9-20(30-4)10-12-21/h5-15,18,26H,1-4H3,(H,25,27)/t18-/m0/s1. The summed E-state index contributed by atoms with van der Waals surface area (Å²) in [6, 6.07) is 18.4. The highest BCUT2D eigenvalue weighted by Gasteiger charge is 2.18. The summed E-state index contributed by atoms with van der Waals surface area (Å²) in [6.07, 6.45) is -0.752. The van der Waals surface area contributed by atoms with Crippen LogP contribution in [-0.2, 0) is 14.8 Å². The van der Waals surface area contributed by atoms with Crippen molar-refractivity contribution in [1.82, 2.24) is 0 Å². The predicted molar refractivity (Wildman–Crippen MR) is 125 cm³/mol. The minimum Gasteiger partial charge on any atom is -0.497 e. The van der Waals surface area contributed by atoms with Gasteiger partial charge in [-0.05, 0) is 86.5 Å². The zero-order valence-electron chi connectivity index (χ0n) is 18.4. The molecule has 32 heavy (non-hydrogen) atoms. The molecule has 168 valence electrons. The second kappa shape index (κ2) is 9.74. The normalized spacial score (nSPS) is 12.0. The molecule has 0 bridgehead atoms. The van der Waals surface area contributed by atoms with Crippen LogP contribution in [-0.4, -0.2) is 27.5 Å². The second-order valence-electron chi connectivity index (χ2n) is 7.37. The van der Waals surface area contributed by atoms with E-state index in [1.165, 1.54) is 24.3 Å². The van der Waals surface area contributed by atoms with Crippen molar-refractivity contribution < 1.29 is 22.7 Å². The monoisotopic (exact) mass is 454 g/mol. The van der Waals surface area contributed by atoms with Crippen molar-refractivity contribution in [3.63, 3.8) is 0 Å². The van der Waals surface area contributed by atoms with Crippen LogP contribution in [0, 0.1) is 13.8 Å². The summed E-state index contributed by atoms with van der Waals surface area (Å²) in [5, 5.41) is 2.73. The van der Waals surface area contributed by atoms with Gasteiger partial charge >= 0.3 is 0 Å². The van der Waals surface area contributed by atoms with Crippen molar-refractivity contribution in [3.05, 3.63) is 77.9 Å². The van der Waals surface area contributed by atoms with E-state index in [2.05, 4.69) is 10.0 Å². The highest BCUT2D eigenvalue weighted by atomic mass is 32.2. The van der Waals surface area contributed by atoms with Crippen molar-refractivity contribution >= 4 is 27.3 Å². The highest BCUT2D eigenvalue weighted by molar-refractivity contribution is 7.92. The van der Waals surface area contributed by atoms with Crippen molar-refractivity contribution in [2.75, 3.05) is 17.1 Å². The van der Waals surface area contributed by atoms with Gasteiger partial charge in [0, 0.05) is 5.69 Å². The van der Waals surface area contributed by atoms with E-state index >= 15 is 0 Å². The zero-order valence-corrected chi connectivity index (χ0v) is 19.2. The number of methoxy groups -OCH3 is 1. The Labute approximate surface area is 188 Å². The lowest BCUT2D eigenvalue weighted by atomic mass is 10.1. The first kappa shape index (κ1) is 23.1. The van der Waals surface area contributed by atoms with Gasteiger partial charge in [0.25, 0.3) is 15.9 Å². The van der Waals surface area contributed by atoms with Gasteiger partial charge in [0.1, 0.15) is 11.5 Å². The number of ether oxygens (including phenoxy) is 2. The fraction of sp³-hybridized carbons (Fsp3) is 0.208. The molecule has 3 rings (SSSR count). The van der Waals surface area contributed by atoms with E-state index in [9.17, 15) is 13.2 Å². The van der Waals surface area contributed by atoms with Gasteiger partial charge in [-0.1, -0.05) is 12.1 Å². The number of aryl methyl sites for hydroxylation is 2. The van der Waals surface area contributed by atoms with Gasteiger partial charge in [-0.3, -0.25) is 9.52 Å². The Morgan fingerprint density at radius 2 is 1.53 bits per heavy atom. The maximum absolute atomic E-state index is 12.7. The predicted octanol–water partition coefficient (Wildman–Crippen LogP) is 4.52. The molecule has 0 spiro atoms. The van der Waals surface area contributed by atoms with Crippen LogP contribution in [0.3, 0.4) is 0 Å². The SMILES string of the molecule is COc1ccc(O[C@@H](C)C(=O)Nc2ccc(S(=O)(=O)Nc3cc(C)ccc3C)cc2)cc1. The van der Waals surface area contributed by atoms with Gasteiger partial charge in [-0.25, -0.2) is 8.42 Å². The van der Waals surface area contributed by atoms with E-state index in [-0.39, 0.29) is 10.8 Å². The Bertz CT molecular complexity index is 1190. The molecule has 0 heterocycles. The third kappa shape index (κ3) is 5.79. The lowest BCUT2D eigenvalue weighted by Crippen LogP contribution is -2.30. The summed E-state index contributed by atoms with van der Waals surface area (Å²) in [4.78, 5) is 12.5. The Balaban J connectivity index is 1.64. The smallest absolute Gasteiger partial charge is 0.265 e. The largest absolute Gasteiger partial charge is 0.497 e. The van der Waals surface area contributed by atoms with Crippen LogP contribution in [0.5, 0.6) is 11.5 Å². The summed E-state index contributed by atoms with van der Waals surface area (Å²) in [7, 11) is -2.19. The van der Waals surface area contributed by atoms with E-state index in [0.29, 0.717) is 22.9 Å².